The summed E-state index contributed by atoms with van der Waals surface area (Å²) in [5.41, 5.74) is 1.86. The van der Waals surface area contributed by atoms with Gasteiger partial charge in [-0.25, -0.2) is 0 Å². The van der Waals surface area contributed by atoms with E-state index >= 15 is 0 Å². The van der Waals surface area contributed by atoms with Crippen LogP contribution in [0.25, 0.3) is 0 Å². The minimum Gasteiger partial charge on any atom is -0.481 e. The third-order valence-corrected chi connectivity index (χ3v) is 4.50. The van der Waals surface area contributed by atoms with Crippen LogP contribution in [0.4, 0.5) is 0 Å². The van der Waals surface area contributed by atoms with Gasteiger partial charge in [-0.2, -0.15) is 0 Å². The van der Waals surface area contributed by atoms with Crippen LogP contribution in [0.2, 0.25) is 0 Å². The number of carbonyl (C=O) groups excluding carboxylic acids is 1. The Morgan fingerprint density at radius 2 is 2.26 bits per heavy atom. The molecular formula is C15H17BrO3. The van der Waals surface area contributed by atoms with Crippen LogP contribution in [0.5, 0.6) is 0 Å². The zero-order valence-electron chi connectivity index (χ0n) is 10.9. The normalized spacial score (nSPS) is 20.5. The quantitative estimate of drug-likeness (QED) is 0.921. The van der Waals surface area contributed by atoms with Crippen LogP contribution in [0.3, 0.4) is 0 Å². The van der Waals surface area contributed by atoms with E-state index in [0.29, 0.717) is 12.2 Å². The molecule has 0 amide bonds. The number of carbonyl (C=O) groups is 2. The Hall–Kier alpha value is -1.16. The minimum atomic E-state index is -0.834. The molecule has 0 heterocycles. The lowest BCUT2D eigenvalue weighted by atomic mass is 9.94. The molecule has 0 spiro atoms. The maximum Gasteiger partial charge on any atom is 0.310 e. The van der Waals surface area contributed by atoms with Crippen molar-refractivity contribution in [2.45, 2.75) is 38.5 Å². The largest absolute Gasteiger partial charge is 0.481 e. The third kappa shape index (κ3) is 3.24. The van der Waals surface area contributed by atoms with Crippen LogP contribution in [0, 0.1) is 5.92 Å². The van der Waals surface area contributed by atoms with Crippen LogP contribution in [0.1, 0.15) is 43.2 Å². The molecule has 1 aliphatic carbocycles. The molecule has 0 aliphatic heterocycles. The third-order valence-electron chi connectivity index (χ3n) is 3.82. The standard InChI is InChI=1S/C15H17BrO3/c1-9(15(18)19)12-6-5-10(8-13(12)16)7-11-3-2-4-14(11)17/h5-6,8-9,11H,2-4,7H2,1H3,(H,18,19)/t9-,11-/m1/s1. The second-order valence-electron chi connectivity index (χ2n) is 5.18. The fourth-order valence-electron chi connectivity index (χ4n) is 2.57. The molecule has 19 heavy (non-hydrogen) atoms. The van der Waals surface area contributed by atoms with Gasteiger partial charge in [-0.15, -0.1) is 0 Å². The van der Waals surface area contributed by atoms with E-state index in [1.807, 2.05) is 18.2 Å². The highest BCUT2D eigenvalue weighted by atomic mass is 79.9. The van der Waals surface area contributed by atoms with Gasteiger partial charge in [0, 0.05) is 16.8 Å². The van der Waals surface area contributed by atoms with Crippen molar-refractivity contribution >= 4 is 27.7 Å². The van der Waals surface area contributed by atoms with Gasteiger partial charge in [-0.1, -0.05) is 28.1 Å². The first-order valence-corrected chi connectivity index (χ1v) is 7.32. The molecule has 1 aromatic rings. The molecule has 0 radical (unpaired) electrons. The van der Waals surface area contributed by atoms with Crippen LogP contribution >= 0.6 is 15.9 Å². The van der Waals surface area contributed by atoms with Gasteiger partial charge in [0.25, 0.3) is 0 Å². The molecule has 0 unspecified atom stereocenters. The molecule has 0 saturated heterocycles. The van der Waals surface area contributed by atoms with Crippen LogP contribution < -0.4 is 0 Å². The topological polar surface area (TPSA) is 54.4 Å². The molecule has 1 aromatic carbocycles. The summed E-state index contributed by atoms with van der Waals surface area (Å²) in [6, 6.07) is 5.73. The fraction of sp³-hybridized carbons (Fsp3) is 0.467. The van der Waals surface area contributed by atoms with Crippen LogP contribution in [-0.4, -0.2) is 16.9 Å². The summed E-state index contributed by atoms with van der Waals surface area (Å²) in [4.78, 5) is 22.6. The second-order valence-corrected chi connectivity index (χ2v) is 6.03. The smallest absolute Gasteiger partial charge is 0.310 e. The molecule has 0 aromatic heterocycles. The number of carboxylic acid groups (broad SMARTS) is 1. The van der Waals surface area contributed by atoms with Crippen molar-refractivity contribution in [3.63, 3.8) is 0 Å². The van der Waals surface area contributed by atoms with Crippen molar-refractivity contribution in [1.29, 1.82) is 0 Å². The first-order valence-electron chi connectivity index (χ1n) is 6.53. The predicted molar refractivity (Wildman–Crippen MR) is 76.2 cm³/mol. The van der Waals surface area contributed by atoms with Gasteiger partial charge in [0.15, 0.2) is 0 Å². The fourth-order valence-corrected chi connectivity index (χ4v) is 3.34. The van der Waals surface area contributed by atoms with Crippen molar-refractivity contribution in [2.24, 2.45) is 5.92 Å². The minimum absolute atomic E-state index is 0.148. The molecule has 1 fully saturated rings. The van der Waals surface area contributed by atoms with E-state index in [1.165, 1.54) is 0 Å². The van der Waals surface area contributed by atoms with Crippen molar-refractivity contribution < 1.29 is 14.7 Å². The molecule has 1 aliphatic rings. The van der Waals surface area contributed by atoms with E-state index in [9.17, 15) is 9.59 Å². The maximum absolute atomic E-state index is 11.6. The first kappa shape index (κ1) is 14.3. The van der Waals surface area contributed by atoms with E-state index < -0.39 is 11.9 Å². The number of hydrogen-bond donors (Lipinski definition) is 1. The lowest BCUT2D eigenvalue weighted by molar-refractivity contribution is -0.138. The van der Waals surface area contributed by atoms with Gasteiger partial charge in [0.2, 0.25) is 0 Å². The highest BCUT2D eigenvalue weighted by molar-refractivity contribution is 9.10. The van der Waals surface area contributed by atoms with Gasteiger partial charge in [0.1, 0.15) is 5.78 Å². The van der Waals surface area contributed by atoms with Gasteiger partial charge in [0.05, 0.1) is 5.92 Å². The van der Waals surface area contributed by atoms with E-state index in [1.54, 1.807) is 6.92 Å². The Labute approximate surface area is 121 Å². The van der Waals surface area contributed by atoms with Gasteiger partial charge in [-0.05, 0) is 43.4 Å². The van der Waals surface area contributed by atoms with E-state index in [-0.39, 0.29) is 5.92 Å². The summed E-state index contributed by atoms with van der Waals surface area (Å²) in [7, 11) is 0. The molecular weight excluding hydrogens is 308 g/mol. The average molecular weight is 325 g/mol. The number of rotatable bonds is 4. The number of halogens is 1. The molecule has 2 atom stereocenters. The number of hydrogen-bond acceptors (Lipinski definition) is 2. The summed E-state index contributed by atoms with van der Waals surface area (Å²) < 4.78 is 0.811. The van der Waals surface area contributed by atoms with Crippen molar-refractivity contribution in [1.82, 2.24) is 0 Å². The highest BCUT2D eigenvalue weighted by Gasteiger charge is 2.25. The Morgan fingerprint density at radius 3 is 2.79 bits per heavy atom. The molecule has 3 nitrogen and oxygen atoms in total. The zero-order chi connectivity index (χ0) is 14.0. The molecule has 1 N–H and O–H groups in total. The maximum atomic E-state index is 11.6. The molecule has 4 heteroatoms. The summed E-state index contributed by atoms with van der Waals surface area (Å²) in [6.07, 6.45) is 3.45. The van der Waals surface area contributed by atoms with Crippen LogP contribution in [0.15, 0.2) is 22.7 Å². The van der Waals surface area contributed by atoms with Gasteiger partial charge < -0.3 is 5.11 Å². The molecule has 0 bridgehead atoms. The lowest BCUT2D eigenvalue weighted by Gasteiger charge is -2.13. The number of Topliss-reactive ketones (excluding diaryl/α,β-unsaturated/α-hetero) is 1. The summed E-state index contributed by atoms with van der Waals surface area (Å²) in [5, 5.41) is 9.03. The highest BCUT2D eigenvalue weighted by Crippen LogP contribution is 2.29. The Bertz CT molecular complexity index is 510. The monoisotopic (exact) mass is 324 g/mol. The van der Waals surface area contributed by atoms with E-state index in [4.69, 9.17) is 5.11 Å². The number of benzene rings is 1. The van der Waals surface area contributed by atoms with Crippen LogP contribution in [-0.2, 0) is 16.0 Å². The zero-order valence-corrected chi connectivity index (χ0v) is 12.4. The Balaban J connectivity index is 2.14. The van der Waals surface area contributed by atoms with Crippen molar-refractivity contribution in [3.8, 4) is 0 Å². The summed E-state index contributed by atoms with van der Waals surface area (Å²) >= 11 is 3.43. The predicted octanol–water partition coefficient (Wildman–Crippen LogP) is 3.55. The van der Waals surface area contributed by atoms with Crippen molar-refractivity contribution in [3.05, 3.63) is 33.8 Å². The summed E-state index contributed by atoms with van der Waals surface area (Å²) in [5.74, 6) is -0.857. The lowest BCUT2D eigenvalue weighted by Crippen LogP contribution is -2.11. The van der Waals surface area contributed by atoms with E-state index in [0.717, 1.165) is 34.9 Å². The number of carboxylic acids is 1. The van der Waals surface area contributed by atoms with Gasteiger partial charge >= 0.3 is 5.97 Å². The number of aliphatic carboxylic acids is 1. The van der Waals surface area contributed by atoms with Gasteiger partial charge in [-0.3, -0.25) is 9.59 Å². The van der Waals surface area contributed by atoms with Crippen molar-refractivity contribution in [2.75, 3.05) is 0 Å². The van der Waals surface area contributed by atoms with E-state index in [2.05, 4.69) is 15.9 Å². The number of ketones is 1. The summed E-state index contributed by atoms with van der Waals surface area (Å²) in [6.45, 7) is 1.67. The first-order chi connectivity index (χ1) is 8.99. The molecule has 2 rings (SSSR count). The average Bonchev–Trinajstić information content (AvgIpc) is 2.74. The molecule has 102 valence electrons. The SMILES string of the molecule is C[C@@H](C(=O)O)c1ccc(C[C@H]2CCCC2=O)cc1Br. The second kappa shape index (κ2) is 5.87. The Kier molecular flexibility index (Phi) is 4.40. The molecule has 1 saturated carbocycles. The Morgan fingerprint density at radius 1 is 1.53 bits per heavy atom.